The van der Waals surface area contributed by atoms with E-state index in [2.05, 4.69) is 77.9 Å². The highest BCUT2D eigenvalue weighted by Gasteiger charge is 2.42. The SMILES string of the molecule is CNC(=O)c1nn(CC(F)F)cc1Nc1nccc(-c2cc(C#N)c3c(c2)C(C)(CO[Si](C)(C)C(C)(C)C)CN3)n1. The number of halogens is 2. The molecule has 13 heteroatoms. The number of hydrogen-bond donors (Lipinski definition) is 3. The molecule has 0 fully saturated rings. The summed E-state index contributed by atoms with van der Waals surface area (Å²) in [6.45, 7) is 13.7. The number of nitrogens with one attached hydrogen (secondary N) is 3. The largest absolute Gasteiger partial charge is 0.416 e. The van der Waals surface area contributed by atoms with Crippen molar-refractivity contribution >= 4 is 31.5 Å². The number of anilines is 3. The minimum atomic E-state index is -2.64. The molecule has 1 aliphatic rings. The number of rotatable bonds is 9. The maximum absolute atomic E-state index is 12.9. The van der Waals surface area contributed by atoms with Crippen LogP contribution in [0.25, 0.3) is 11.3 Å². The fourth-order valence-corrected chi connectivity index (χ4v) is 5.45. The first-order valence-electron chi connectivity index (χ1n) is 13.3. The zero-order valence-corrected chi connectivity index (χ0v) is 25.4. The first-order valence-corrected chi connectivity index (χ1v) is 16.2. The second-order valence-electron chi connectivity index (χ2n) is 12.0. The van der Waals surface area contributed by atoms with Gasteiger partial charge >= 0.3 is 0 Å². The average Bonchev–Trinajstić information content (AvgIpc) is 3.46. The fourth-order valence-electron chi connectivity index (χ4n) is 4.34. The molecule has 4 rings (SSSR count). The Morgan fingerprint density at radius 3 is 2.71 bits per heavy atom. The maximum atomic E-state index is 12.9. The van der Waals surface area contributed by atoms with E-state index in [1.165, 1.54) is 13.2 Å². The van der Waals surface area contributed by atoms with Gasteiger partial charge in [-0.3, -0.25) is 9.48 Å². The summed E-state index contributed by atoms with van der Waals surface area (Å²) in [6.07, 6.45) is 0.224. The van der Waals surface area contributed by atoms with E-state index < -0.39 is 27.2 Å². The molecule has 1 aliphatic heterocycles. The normalized spacial score (nSPS) is 16.7. The Morgan fingerprint density at radius 1 is 1.34 bits per heavy atom. The van der Waals surface area contributed by atoms with E-state index in [0.29, 0.717) is 30.0 Å². The smallest absolute Gasteiger partial charge is 0.273 e. The predicted molar refractivity (Wildman–Crippen MR) is 156 cm³/mol. The molecule has 2 aromatic heterocycles. The lowest BCUT2D eigenvalue weighted by molar-refractivity contribution is 0.0953. The summed E-state index contributed by atoms with van der Waals surface area (Å²) in [7, 11) is -0.580. The van der Waals surface area contributed by atoms with Crippen LogP contribution in [0.4, 0.5) is 26.1 Å². The Balaban J connectivity index is 1.67. The van der Waals surface area contributed by atoms with E-state index in [9.17, 15) is 18.8 Å². The molecule has 41 heavy (non-hydrogen) atoms. The van der Waals surface area contributed by atoms with Gasteiger partial charge in [0.1, 0.15) is 12.6 Å². The summed E-state index contributed by atoms with van der Waals surface area (Å²) < 4.78 is 33.5. The minimum absolute atomic E-state index is 0.0602. The second kappa shape index (κ2) is 11.2. The van der Waals surface area contributed by atoms with Crippen LogP contribution in [-0.2, 0) is 16.4 Å². The summed E-state index contributed by atoms with van der Waals surface area (Å²) in [6, 6.07) is 7.82. The van der Waals surface area contributed by atoms with Crippen molar-refractivity contribution in [3.05, 3.63) is 47.4 Å². The van der Waals surface area contributed by atoms with Crippen molar-refractivity contribution < 1.29 is 18.0 Å². The third-order valence-corrected chi connectivity index (χ3v) is 12.3. The van der Waals surface area contributed by atoms with Gasteiger partial charge in [-0.2, -0.15) is 10.4 Å². The summed E-state index contributed by atoms with van der Waals surface area (Å²) in [5.74, 6) is -0.397. The van der Waals surface area contributed by atoms with Crippen molar-refractivity contribution in [3.8, 4) is 17.3 Å². The van der Waals surface area contributed by atoms with Gasteiger partial charge in [0.25, 0.3) is 12.3 Å². The number of alkyl halides is 2. The van der Waals surface area contributed by atoms with Gasteiger partial charge in [0.05, 0.1) is 22.6 Å². The minimum Gasteiger partial charge on any atom is -0.416 e. The van der Waals surface area contributed by atoms with Crippen LogP contribution < -0.4 is 16.0 Å². The molecule has 3 heterocycles. The summed E-state index contributed by atoms with van der Waals surface area (Å²) in [5.41, 5.74) is 3.30. The van der Waals surface area contributed by atoms with Crippen LogP contribution in [0.2, 0.25) is 18.1 Å². The molecule has 218 valence electrons. The van der Waals surface area contributed by atoms with Crippen LogP contribution in [0.1, 0.15) is 49.3 Å². The van der Waals surface area contributed by atoms with Crippen molar-refractivity contribution in [1.82, 2.24) is 25.1 Å². The van der Waals surface area contributed by atoms with Gasteiger partial charge in [-0.25, -0.2) is 18.7 Å². The summed E-state index contributed by atoms with van der Waals surface area (Å²) in [4.78, 5) is 21.2. The number of carbonyl (C=O) groups is 1. The predicted octanol–water partition coefficient (Wildman–Crippen LogP) is 5.29. The summed E-state index contributed by atoms with van der Waals surface area (Å²) in [5, 5.41) is 22.8. The monoisotopic (exact) mass is 582 g/mol. The molecular weight excluding hydrogens is 546 g/mol. The van der Waals surface area contributed by atoms with Gasteiger partial charge in [-0.05, 0) is 41.9 Å². The van der Waals surface area contributed by atoms with Gasteiger partial charge in [0.15, 0.2) is 14.0 Å². The lowest BCUT2D eigenvalue weighted by Crippen LogP contribution is -2.45. The quantitative estimate of drug-likeness (QED) is 0.291. The first kappa shape index (κ1) is 30.1. The molecule has 10 nitrogen and oxygen atoms in total. The van der Waals surface area contributed by atoms with Crippen molar-refractivity contribution in [3.63, 3.8) is 0 Å². The highest BCUT2D eigenvalue weighted by atomic mass is 28.4. The lowest BCUT2D eigenvalue weighted by atomic mass is 9.83. The second-order valence-corrected chi connectivity index (χ2v) is 16.8. The zero-order chi connectivity index (χ0) is 30.2. The van der Waals surface area contributed by atoms with Gasteiger partial charge in [0.2, 0.25) is 5.95 Å². The van der Waals surface area contributed by atoms with E-state index in [1.807, 2.05) is 6.07 Å². The number of nitriles is 1. The Hall–Kier alpha value is -3.89. The molecule has 1 amide bonds. The highest BCUT2D eigenvalue weighted by Crippen LogP contribution is 2.44. The molecule has 0 saturated heterocycles. The number of benzene rings is 1. The number of amides is 1. The molecule has 0 radical (unpaired) electrons. The topological polar surface area (TPSA) is 130 Å². The molecule has 3 N–H and O–H groups in total. The zero-order valence-electron chi connectivity index (χ0n) is 24.4. The van der Waals surface area contributed by atoms with Crippen molar-refractivity contribution in [2.45, 2.75) is 64.2 Å². The molecule has 1 atom stereocenters. The lowest BCUT2D eigenvalue weighted by Gasteiger charge is -2.39. The maximum Gasteiger partial charge on any atom is 0.273 e. The van der Waals surface area contributed by atoms with Crippen LogP contribution in [0.15, 0.2) is 30.6 Å². The standard InChI is InChI=1S/C28H36F2N8O2Si/c1-27(2,3)41(6,7)40-16-28(4)15-34-23-18(12-31)10-17(11-19(23)28)20-8-9-33-26(35-20)36-21-13-38(14-22(29)30)37-24(21)25(39)32-5/h8-11,13,22,34H,14-16H2,1-7H3,(H,32,39)(H,33,35,36). The van der Waals surface area contributed by atoms with Gasteiger partial charge in [0, 0.05) is 43.6 Å². The number of aromatic nitrogens is 4. The van der Waals surface area contributed by atoms with Crippen molar-refractivity contribution in [2.75, 3.05) is 30.8 Å². The highest BCUT2D eigenvalue weighted by molar-refractivity contribution is 6.74. The summed E-state index contributed by atoms with van der Waals surface area (Å²) >= 11 is 0. The Kier molecular flexibility index (Phi) is 8.20. The molecule has 0 aliphatic carbocycles. The average molecular weight is 583 g/mol. The first-order chi connectivity index (χ1) is 19.2. The van der Waals surface area contributed by atoms with Crippen molar-refractivity contribution in [1.29, 1.82) is 5.26 Å². The van der Waals surface area contributed by atoms with E-state index >= 15 is 0 Å². The van der Waals surface area contributed by atoms with Crippen LogP contribution in [-0.4, -0.2) is 60.6 Å². The van der Waals surface area contributed by atoms with E-state index in [4.69, 9.17) is 4.43 Å². The number of nitrogens with zero attached hydrogens (tertiary/aromatic N) is 5. The molecule has 3 aromatic rings. The van der Waals surface area contributed by atoms with Crippen LogP contribution in [0.3, 0.4) is 0 Å². The molecule has 0 spiro atoms. The van der Waals surface area contributed by atoms with Gasteiger partial charge in [-0.1, -0.05) is 27.7 Å². The fraction of sp³-hybridized carbons (Fsp3) is 0.464. The van der Waals surface area contributed by atoms with Crippen LogP contribution >= 0.6 is 0 Å². The number of hydrogen-bond acceptors (Lipinski definition) is 8. The van der Waals surface area contributed by atoms with E-state index in [1.54, 1.807) is 18.3 Å². The van der Waals surface area contributed by atoms with E-state index in [-0.39, 0.29) is 27.8 Å². The molecular formula is C28H36F2N8O2Si. The van der Waals surface area contributed by atoms with Gasteiger partial charge in [-0.15, -0.1) is 0 Å². The Morgan fingerprint density at radius 2 is 2.07 bits per heavy atom. The molecule has 1 unspecified atom stereocenters. The molecule has 1 aromatic carbocycles. The third kappa shape index (κ3) is 6.23. The number of carbonyl (C=O) groups excluding carboxylic acids is 1. The van der Waals surface area contributed by atoms with E-state index in [0.717, 1.165) is 15.9 Å². The Labute approximate surface area is 239 Å². The Bertz CT molecular complexity index is 1500. The van der Waals surface area contributed by atoms with Gasteiger partial charge < -0.3 is 20.4 Å². The number of fused-ring (bicyclic) bond motifs is 1. The van der Waals surface area contributed by atoms with Crippen LogP contribution in [0, 0.1) is 11.3 Å². The van der Waals surface area contributed by atoms with Crippen molar-refractivity contribution in [2.24, 2.45) is 0 Å². The van der Waals surface area contributed by atoms with Crippen LogP contribution in [0.5, 0.6) is 0 Å². The molecule has 0 bridgehead atoms. The molecule has 0 saturated carbocycles. The third-order valence-electron chi connectivity index (χ3n) is 7.85.